The van der Waals surface area contributed by atoms with Gasteiger partial charge in [-0.15, -0.1) is 0 Å². The molecule has 2 aromatic carbocycles. The zero-order valence-corrected chi connectivity index (χ0v) is 19.3. The standard InChI is InChI=1S/C28H30O4/c1-18(2)26(29)31-22-14-10-20(11-15-22)24-8-7-9-25(19(24)3)21-12-16-23(17-13-21)32-27(30)28(4,5)6/h7-17,19,25H,1H2,2-6H3. The van der Waals surface area contributed by atoms with E-state index in [9.17, 15) is 9.59 Å². The predicted molar refractivity (Wildman–Crippen MR) is 127 cm³/mol. The first kappa shape index (κ1) is 23.3. The van der Waals surface area contributed by atoms with Crippen molar-refractivity contribution in [3.8, 4) is 11.5 Å². The molecule has 3 rings (SSSR count). The number of carbonyl (C=O) groups is 2. The minimum Gasteiger partial charge on any atom is -0.426 e. The molecule has 2 atom stereocenters. The first-order valence-electron chi connectivity index (χ1n) is 10.7. The number of ether oxygens (including phenoxy) is 2. The summed E-state index contributed by atoms with van der Waals surface area (Å²) in [5, 5.41) is 0. The Morgan fingerprint density at radius 2 is 1.47 bits per heavy atom. The highest BCUT2D eigenvalue weighted by molar-refractivity contribution is 5.88. The van der Waals surface area contributed by atoms with Crippen molar-refractivity contribution >= 4 is 17.5 Å². The molecule has 0 amide bonds. The predicted octanol–water partition coefficient (Wildman–Crippen LogP) is 6.49. The van der Waals surface area contributed by atoms with Crippen LogP contribution in [0.2, 0.25) is 0 Å². The Kier molecular flexibility index (Phi) is 6.83. The molecule has 0 N–H and O–H groups in total. The van der Waals surface area contributed by atoms with Crippen LogP contribution in [0.25, 0.3) is 5.57 Å². The van der Waals surface area contributed by atoms with Crippen LogP contribution in [0.3, 0.4) is 0 Å². The van der Waals surface area contributed by atoms with Gasteiger partial charge in [-0.25, -0.2) is 4.79 Å². The van der Waals surface area contributed by atoms with E-state index in [1.807, 2.05) is 57.2 Å². The number of benzene rings is 2. The van der Waals surface area contributed by atoms with E-state index in [2.05, 4.69) is 31.7 Å². The summed E-state index contributed by atoms with van der Waals surface area (Å²) in [7, 11) is 0. The van der Waals surface area contributed by atoms with Crippen molar-refractivity contribution in [3.63, 3.8) is 0 Å². The quantitative estimate of drug-likeness (QED) is 0.309. The molecule has 2 aromatic rings. The van der Waals surface area contributed by atoms with Crippen molar-refractivity contribution in [2.75, 3.05) is 0 Å². The van der Waals surface area contributed by atoms with Crippen LogP contribution < -0.4 is 9.47 Å². The Hall–Kier alpha value is -3.40. The van der Waals surface area contributed by atoms with Crippen LogP contribution in [0, 0.1) is 11.3 Å². The maximum atomic E-state index is 12.1. The lowest BCUT2D eigenvalue weighted by Crippen LogP contribution is -2.25. The first-order chi connectivity index (χ1) is 15.1. The van der Waals surface area contributed by atoms with Gasteiger partial charge in [0, 0.05) is 11.5 Å². The summed E-state index contributed by atoms with van der Waals surface area (Å²) in [5.41, 5.74) is 3.26. The smallest absolute Gasteiger partial charge is 0.338 e. The fourth-order valence-electron chi connectivity index (χ4n) is 3.48. The largest absolute Gasteiger partial charge is 0.426 e. The zero-order valence-electron chi connectivity index (χ0n) is 19.3. The van der Waals surface area contributed by atoms with Gasteiger partial charge in [-0.1, -0.05) is 56.0 Å². The summed E-state index contributed by atoms with van der Waals surface area (Å²) in [5.74, 6) is 0.812. The van der Waals surface area contributed by atoms with E-state index < -0.39 is 11.4 Å². The number of rotatable bonds is 5. The third-order valence-corrected chi connectivity index (χ3v) is 5.46. The molecule has 0 saturated heterocycles. The Bertz CT molecular complexity index is 1060. The van der Waals surface area contributed by atoms with Crippen LogP contribution >= 0.6 is 0 Å². The summed E-state index contributed by atoms with van der Waals surface area (Å²) in [6.07, 6.45) is 6.38. The molecule has 0 aromatic heterocycles. The summed E-state index contributed by atoms with van der Waals surface area (Å²) in [6.45, 7) is 12.9. The molecule has 0 radical (unpaired) electrons. The van der Waals surface area contributed by atoms with Crippen molar-refractivity contribution in [3.05, 3.63) is 90.0 Å². The lowest BCUT2D eigenvalue weighted by Gasteiger charge is -2.27. The van der Waals surface area contributed by atoms with Gasteiger partial charge in [0.25, 0.3) is 0 Å². The molecule has 166 valence electrons. The molecule has 2 unspecified atom stereocenters. The van der Waals surface area contributed by atoms with Crippen LogP contribution in [0.15, 0.2) is 78.9 Å². The summed E-state index contributed by atoms with van der Waals surface area (Å²) in [6, 6.07) is 15.3. The minimum absolute atomic E-state index is 0.197. The Morgan fingerprint density at radius 1 is 0.906 bits per heavy atom. The average Bonchev–Trinajstić information content (AvgIpc) is 2.74. The third-order valence-electron chi connectivity index (χ3n) is 5.46. The zero-order chi connectivity index (χ0) is 23.5. The first-order valence-corrected chi connectivity index (χ1v) is 10.7. The highest BCUT2D eigenvalue weighted by Crippen LogP contribution is 2.39. The van der Waals surface area contributed by atoms with Crippen molar-refractivity contribution in [1.82, 2.24) is 0 Å². The fourth-order valence-corrected chi connectivity index (χ4v) is 3.48. The van der Waals surface area contributed by atoms with Crippen molar-refractivity contribution in [2.24, 2.45) is 11.3 Å². The van der Waals surface area contributed by atoms with Gasteiger partial charge in [-0.3, -0.25) is 4.79 Å². The molecule has 1 aliphatic rings. The van der Waals surface area contributed by atoms with E-state index in [0.717, 1.165) is 11.1 Å². The minimum atomic E-state index is -0.544. The van der Waals surface area contributed by atoms with E-state index >= 15 is 0 Å². The van der Waals surface area contributed by atoms with Crippen molar-refractivity contribution < 1.29 is 19.1 Å². The highest BCUT2D eigenvalue weighted by Gasteiger charge is 2.25. The molecule has 0 saturated carbocycles. The topological polar surface area (TPSA) is 52.6 Å². The number of hydrogen-bond acceptors (Lipinski definition) is 4. The van der Waals surface area contributed by atoms with E-state index in [1.165, 1.54) is 5.57 Å². The van der Waals surface area contributed by atoms with E-state index in [-0.39, 0.29) is 17.8 Å². The Balaban J connectivity index is 1.72. The van der Waals surface area contributed by atoms with Gasteiger partial charge in [0.2, 0.25) is 0 Å². The molecule has 0 spiro atoms. The van der Waals surface area contributed by atoms with Gasteiger partial charge in [0.1, 0.15) is 11.5 Å². The normalized spacial score (nSPS) is 18.0. The SMILES string of the molecule is C=C(C)C(=O)Oc1ccc(C2=CC=CC(c3ccc(OC(=O)C(C)(C)C)cc3)C2C)cc1. The van der Waals surface area contributed by atoms with Crippen LogP contribution in [-0.2, 0) is 9.59 Å². The second-order valence-electron chi connectivity index (χ2n) is 9.22. The lowest BCUT2D eigenvalue weighted by molar-refractivity contribution is -0.143. The Labute approximate surface area is 190 Å². The fraction of sp³-hybridized carbons (Fsp3) is 0.286. The molecular formula is C28H30O4. The van der Waals surface area contributed by atoms with E-state index in [1.54, 1.807) is 19.1 Å². The van der Waals surface area contributed by atoms with Crippen LogP contribution in [0.1, 0.15) is 51.7 Å². The number of carbonyl (C=O) groups excluding carboxylic acids is 2. The molecule has 1 aliphatic carbocycles. The maximum absolute atomic E-state index is 12.1. The molecule has 32 heavy (non-hydrogen) atoms. The van der Waals surface area contributed by atoms with E-state index in [4.69, 9.17) is 9.47 Å². The van der Waals surface area contributed by atoms with Crippen LogP contribution in [0.4, 0.5) is 0 Å². The second kappa shape index (κ2) is 9.39. The number of esters is 2. The Morgan fingerprint density at radius 3 is 2.03 bits per heavy atom. The monoisotopic (exact) mass is 430 g/mol. The lowest BCUT2D eigenvalue weighted by atomic mass is 9.77. The average molecular weight is 431 g/mol. The number of hydrogen-bond donors (Lipinski definition) is 0. The van der Waals surface area contributed by atoms with Gasteiger partial charge < -0.3 is 9.47 Å². The molecule has 4 nitrogen and oxygen atoms in total. The maximum Gasteiger partial charge on any atom is 0.338 e. The van der Waals surface area contributed by atoms with Gasteiger partial charge >= 0.3 is 11.9 Å². The highest BCUT2D eigenvalue weighted by atomic mass is 16.5. The molecule has 0 heterocycles. The van der Waals surface area contributed by atoms with Gasteiger partial charge in [-0.05, 0) is 74.6 Å². The molecule has 4 heteroatoms. The van der Waals surface area contributed by atoms with Gasteiger partial charge in [0.05, 0.1) is 5.41 Å². The summed E-state index contributed by atoms with van der Waals surface area (Å²) >= 11 is 0. The van der Waals surface area contributed by atoms with Crippen molar-refractivity contribution in [2.45, 2.75) is 40.5 Å². The van der Waals surface area contributed by atoms with Crippen LogP contribution in [0.5, 0.6) is 11.5 Å². The third kappa shape index (κ3) is 5.44. The van der Waals surface area contributed by atoms with E-state index in [0.29, 0.717) is 17.1 Å². The molecule has 0 aliphatic heterocycles. The van der Waals surface area contributed by atoms with Crippen molar-refractivity contribution in [1.29, 1.82) is 0 Å². The summed E-state index contributed by atoms with van der Waals surface area (Å²) in [4.78, 5) is 23.8. The summed E-state index contributed by atoms with van der Waals surface area (Å²) < 4.78 is 10.8. The molecular weight excluding hydrogens is 400 g/mol. The number of allylic oxidation sites excluding steroid dienone is 4. The van der Waals surface area contributed by atoms with Gasteiger partial charge in [-0.2, -0.15) is 0 Å². The second-order valence-corrected chi connectivity index (χ2v) is 9.22. The molecule has 0 bridgehead atoms. The van der Waals surface area contributed by atoms with Gasteiger partial charge in [0.15, 0.2) is 0 Å². The van der Waals surface area contributed by atoms with Crippen LogP contribution in [-0.4, -0.2) is 11.9 Å². The molecule has 0 fully saturated rings.